The molecule has 0 unspecified atom stereocenters. The zero-order valence-electron chi connectivity index (χ0n) is 7.07. The molecule has 14 heavy (non-hydrogen) atoms. The van der Waals surface area contributed by atoms with Gasteiger partial charge in [0.2, 0.25) is 0 Å². The maximum atomic E-state index is 11.3. The number of rotatable bonds is 1. The van der Waals surface area contributed by atoms with Crippen LogP contribution < -0.4 is 11.2 Å². The van der Waals surface area contributed by atoms with Gasteiger partial charge >= 0.3 is 5.69 Å². The fourth-order valence-electron chi connectivity index (χ4n) is 1.23. The van der Waals surface area contributed by atoms with E-state index in [1.807, 2.05) is 0 Å². The highest BCUT2D eigenvalue weighted by atomic mass is 35.5. The Morgan fingerprint density at radius 3 is 3.00 bits per heavy atom. The lowest BCUT2D eigenvalue weighted by Gasteiger charge is -2.12. The van der Waals surface area contributed by atoms with Gasteiger partial charge in [-0.3, -0.25) is 14.3 Å². The topological polar surface area (TPSA) is 64.1 Å². The first-order chi connectivity index (χ1) is 6.68. The van der Waals surface area contributed by atoms with Gasteiger partial charge in [-0.2, -0.15) is 0 Å². The second-order valence-corrected chi connectivity index (χ2v) is 3.25. The van der Waals surface area contributed by atoms with Gasteiger partial charge in [-0.05, 0) is 6.08 Å². The van der Waals surface area contributed by atoms with Crippen LogP contribution in [0.25, 0.3) is 0 Å². The van der Waals surface area contributed by atoms with Crippen LogP contribution in [0.3, 0.4) is 0 Å². The molecular weight excluding hydrogens is 208 g/mol. The maximum absolute atomic E-state index is 11.3. The third-order valence-corrected chi connectivity index (χ3v) is 2.17. The number of aromatic nitrogens is 2. The number of H-pyrrole nitrogens is 1. The van der Waals surface area contributed by atoms with E-state index in [4.69, 9.17) is 16.3 Å². The van der Waals surface area contributed by atoms with Crippen LogP contribution in [0.4, 0.5) is 0 Å². The minimum atomic E-state index is -0.584. The normalized spacial score (nSPS) is 19.6. The first-order valence-corrected chi connectivity index (χ1v) is 4.38. The highest BCUT2D eigenvalue weighted by Gasteiger charge is 2.15. The standard InChI is InChI=1S/C8H7ClN2O3/c9-5-4-11(6-2-1-3-14-6)8(13)10-7(5)12/h1,3-4,6H,2H2,(H,10,12,13)/t6-/m1/s1. The molecule has 0 saturated carbocycles. The summed E-state index contributed by atoms with van der Waals surface area (Å²) in [6.45, 7) is 0. The van der Waals surface area contributed by atoms with Crippen molar-refractivity contribution in [3.05, 3.63) is 44.4 Å². The van der Waals surface area contributed by atoms with E-state index < -0.39 is 17.5 Å². The third-order valence-electron chi connectivity index (χ3n) is 1.90. The van der Waals surface area contributed by atoms with Gasteiger partial charge in [0, 0.05) is 12.6 Å². The van der Waals surface area contributed by atoms with E-state index in [0.29, 0.717) is 6.42 Å². The van der Waals surface area contributed by atoms with Crippen molar-refractivity contribution in [2.24, 2.45) is 0 Å². The van der Waals surface area contributed by atoms with Gasteiger partial charge in [0.15, 0.2) is 6.23 Å². The summed E-state index contributed by atoms with van der Waals surface area (Å²) in [6, 6.07) is 0. The molecule has 1 aliphatic rings. The van der Waals surface area contributed by atoms with Crippen molar-refractivity contribution in [2.45, 2.75) is 12.6 Å². The van der Waals surface area contributed by atoms with Crippen LogP contribution in [0, 0.1) is 0 Å². The lowest BCUT2D eigenvalue weighted by atomic mass is 10.4. The van der Waals surface area contributed by atoms with Crippen LogP contribution >= 0.6 is 11.6 Å². The van der Waals surface area contributed by atoms with Crippen molar-refractivity contribution < 1.29 is 4.74 Å². The van der Waals surface area contributed by atoms with Crippen molar-refractivity contribution in [3.63, 3.8) is 0 Å². The molecule has 0 aromatic carbocycles. The molecule has 0 bridgehead atoms. The zero-order chi connectivity index (χ0) is 10.1. The summed E-state index contributed by atoms with van der Waals surface area (Å²) < 4.78 is 6.37. The minimum absolute atomic E-state index is 0.0277. The smallest absolute Gasteiger partial charge is 0.331 e. The summed E-state index contributed by atoms with van der Waals surface area (Å²) in [6.07, 6.45) is 4.76. The van der Waals surface area contributed by atoms with Crippen LogP contribution in [-0.2, 0) is 4.74 Å². The Morgan fingerprint density at radius 1 is 1.57 bits per heavy atom. The van der Waals surface area contributed by atoms with E-state index >= 15 is 0 Å². The fourth-order valence-corrected chi connectivity index (χ4v) is 1.38. The van der Waals surface area contributed by atoms with E-state index in [1.165, 1.54) is 17.0 Å². The van der Waals surface area contributed by atoms with Gasteiger partial charge in [0.1, 0.15) is 5.02 Å². The van der Waals surface area contributed by atoms with Gasteiger partial charge in [-0.25, -0.2) is 4.79 Å². The van der Waals surface area contributed by atoms with Crippen molar-refractivity contribution in [1.82, 2.24) is 9.55 Å². The van der Waals surface area contributed by atoms with Gasteiger partial charge < -0.3 is 4.74 Å². The minimum Gasteiger partial charge on any atom is -0.478 e. The van der Waals surface area contributed by atoms with E-state index in [1.54, 1.807) is 6.08 Å². The van der Waals surface area contributed by atoms with E-state index in [0.717, 1.165) is 0 Å². The summed E-state index contributed by atoms with van der Waals surface area (Å²) in [5.41, 5.74) is -1.10. The summed E-state index contributed by atoms with van der Waals surface area (Å²) in [7, 11) is 0. The summed E-state index contributed by atoms with van der Waals surface area (Å²) in [5.74, 6) is 0. The van der Waals surface area contributed by atoms with E-state index in [2.05, 4.69) is 4.98 Å². The number of halogens is 1. The van der Waals surface area contributed by atoms with Crippen LogP contribution in [0.2, 0.25) is 5.02 Å². The predicted molar refractivity (Wildman–Crippen MR) is 50.2 cm³/mol. The average molecular weight is 215 g/mol. The van der Waals surface area contributed by atoms with Gasteiger partial charge in [-0.15, -0.1) is 0 Å². The summed E-state index contributed by atoms with van der Waals surface area (Å²) >= 11 is 5.58. The molecule has 1 N–H and O–H groups in total. The van der Waals surface area contributed by atoms with Crippen LogP contribution in [0.15, 0.2) is 28.1 Å². The van der Waals surface area contributed by atoms with Crippen molar-refractivity contribution in [1.29, 1.82) is 0 Å². The largest absolute Gasteiger partial charge is 0.478 e. The molecule has 0 spiro atoms. The number of nitrogens with one attached hydrogen (secondary N) is 1. The molecule has 1 aromatic rings. The monoisotopic (exact) mass is 214 g/mol. The van der Waals surface area contributed by atoms with Crippen molar-refractivity contribution in [2.75, 3.05) is 0 Å². The molecule has 0 amide bonds. The molecule has 2 heterocycles. The second kappa shape index (κ2) is 3.34. The Bertz CT molecular complexity index is 480. The molecule has 0 aliphatic carbocycles. The summed E-state index contributed by atoms with van der Waals surface area (Å²) in [4.78, 5) is 24.4. The Hall–Kier alpha value is -1.49. The predicted octanol–water partition coefficient (Wildman–Crippen LogP) is 0.623. The molecule has 5 nitrogen and oxygen atoms in total. The number of hydrogen-bond donors (Lipinski definition) is 1. The lowest BCUT2D eigenvalue weighted by Crippen LogP contribution is -2.32. The number of aromatic amines is 1. The van der Waals surface area contributed by atoms with Crippen LogP contribution in [0.5, 0.6) is 0 Å². The average Bonchev–Trinajstić information content (AvgIpc) is 2.64. The molecular formula is C8H7ClN2O3. The summed E-state index contributed by atoms with van der Waals surface area (Å²) in [5, 5.41) is -0.0277. The molecule has 1 aliphatic heterocycles. The number of nitrogens with zero attached hydrogens (tertiary/aromatic N) is 1. The SMILES string of the molecule is O=c1[nH]c(=O)n([C@H]2CC=CO2)cc1Cl. The zero-order valence-corrected chi connectivity index (χ0v) is 7.82. The van der Waals surface area contributed by atoms with E-state index in [-0.39, 0.29) is 5.02 Å². The number of hydrogen-bond acceptors (Lipinski definition) is 3. The molecule has 74 valence electrons. The highest BCUT2D eigenvalue weighted by molar-refractivity contribution is 6.30. The second-order valence-electron chi connectivity index (χ2n) is 2.84. The Labute approximate surface area is 83.6 Å². The van der Waals surface area contributed by atoms with Gasteiger partial charge in [-0.1, -0.05) is 11.6 Å². The maximum Gasteiger partial charge on any atom is 0.331 e. The van der Waals surface area contributed by atoms with Crippen LogP contribution in [0.1, 0.15) is 12.6 Å². The quantitative estimate of drug-likeness (QED) is 0.746. The van der Waals surface area contributed by atoms with Gasteiger partial charge in [0.05, 0.1) is 6.26 Å². The Kier molecular flexibility index (Phi) is 2.17. The first kappa shape index (κ1) is 9.08. The lowest BCUT2D eigenvalue weighted by molar-refractivity contribution is 0.0997. The highest BCUT2D eigenvalue weighted by Crippen LogP contribution is 2.18. The first-order valence-electron chi connectivity index (χ1n) is 4.00. The fraction of sp³-hybridized carbons (Fsp3) is 0.250. The molecule has 0 saturated heterocycles. The number of ether oxygens (including phenoxy) is 1. The Balaban J connectivity index is 2.48. The van der Waals surface area contributed by atoms with Crippen molar-refractivity contribution >= 4 is 11.6 Å². The molecule has 1 atom stereocenters. The molecule has 0 radical (unpaired) electrons. The van der Waals surface area contributed by atoms with Crippen molar-refractivity contribution in [3.8, 4) is 0 Å². The third kappa shape index (κ3) is 1.46. The van der Waals surface area contributed by atoms with E-state index in [9.17, 15) is 9.59 Å². The molecule has 0 fully saturated rings. The van der Waals surface area contributed by atoms with Gasteiger partial charge in [0.25, 0.3) is 5.56 Å². The molecule has 1 aromatic heterocycles. The molecule has 2 rings (SSSR count). The molecule has 6 heteroatoms. The van der Waals surface area contributed by atoms with Crippen LogP contribution in [-0.4, -0.2) is 9.55 Å². The Morgan fingerprint density at radius 2 is 2.36 bits per heavy atom.